The van der Waals surface area contributed by atoms with E-state index in [-0.39, 0.29) is 11.9 Å². The number of hydrogen-bond acceptors (Lipinski definition) is 3. The lowest BCUT2D eigenvalue weighted by atomic mass is 9.97. The molecular formula is C12H24N2O2. The largest absolute Gasteiger partial charge is 0.369 e. The monoisotopic (exact) mass is 228 g/mol. The Morgan fingerprint density at radius 3 is 2.81 bits per heavy atom. The third-order valence-electron chi connectivity index (χ3n) is 3.77. The van der Waals surface area contributed by atoms with Crippen LogP contribution in [0.4, 0.5) is 0 Å². The molecule has 0 radical (unpaired) electrons. The van der Waals surface area contributed by atoms with Gasteiger partial charge in [0, 0.05) is 13.2 Å². The quantitative estimate of drug-likeness (QED) is 0.735. The summed E-state index contributed by atoms with van der Waals surface area (Å²) in [7, 11) is 1.59. The van der Waals surface area contributed by atoms with Crippen molar-refractivity contribution in [1.82, 2.24) is 10.6 Å². The van der Waals surface area contributed by atoms with Gasteiger partial charge in [-0.05, 0) is 45.7 Å². The Bertz CT molecular complexity index is 233. The molecule has 3 atom stereocenters. The van der Waals surface area contributed by atoms with Crippen LogP contribution in [0.1, 0.15) is 33.6 Å². The lowest BCUT2D eigenvalue weighted by Gasteiger charge is -2.29. The van der Waals surface area contributed by atoms with Crippen LogP contribution in [-0.4, -0.2) is 37.7 Å². The SMILES string of the molecule is CCC(C)(OC)C(=O)NC(C)C1CCNC1. The minimum Gasteiger partial charge on any atom is -0.369 e. The average Bonchev–Trinajstić information content (AvgIpc) is 2.81. The molecule has 16 heavy (non-hydrogen) atoms. The first-order valence-corrected chi connectivity index (χ1v) is 6.10. The fourth-order valence-electron chi connectivity index (χ4n) is 1.98. The average molecular weight is 228 g/mol. The summed E-state index contributed by atoms with van der Waals surface area (Å²) in [6, 6.07) is 0.212. The molecule has 0 aromatic rings. The van der Waals surface area contributed by atoms with Gasteiger partial charge in [0.25, 0.3) is 5.91 Å². The van der Waals surface area contributed by atoms with Gasteiger partial charge in [-0.2, -0.15) is 0 Å². The van der Waals surface area contributed by atoms with Crippen LogP contribution in [0.3, 0.4) is 0 Å². The van der Waals surface area contributed by atoms with Crippen molar-refractivity contribution in [2.24, 2.45) is 5.92 Å². The van der Waals surface area contributed by atoms with E-state index >= 15 is 0 Å². The molecule has 2 N–H and O–H groups in total. The van der Waals surface area contributed by atoms with Gasteiger partial charge in [0.2, 0.25) is 0 Å². The van der Waals surface area contributed by atoms with Crippen molar-refractivity contribution in [1.29, 1.82) is 0 Å². The van der Waals surface area contributed by atoms with E-state index < -0.39 is 5.60 Å². The van der Waals surface area contributed by atoms with Gasteiger partial charge in [-0.15, -0.1) is 0 Å². The van der Waals surface area contributed by atoms with Gasteiger partial charge in [0.15, 0.2) is 0 Å². The summed E-state index contributed by atoms with van der Waals surface area (Å²) in [6.45, 7) is 7.92. The Morgan fingerprint density at radius 1 is 1.69 bits per heavy atom. The molecule has 1 amide bonds. The molecular weight excluding hydrogens is 204 g/mol. The maximum atomic E-state index is 12.0. The second-order valence-corrected chi connectivity index (χ2v) is 4.80. The highest BCUT2D eigenvalue weighted by atomic mass is 16.5. The maximum Gasteiger partial charge on any atom is 0.252 e. The molecule has 94 valence electrons. The first-order chi connectivity index (χ1) is 7.53. The lowest BCUT2D eigenvalue weighted by Crippen LogP contribution is -2.50. The zero-order valence-corrected chi connectivity index (χ0v) is 10.8. The van der Waals surface area contributed by atoms with Crippen molar-refractivity contribution < 1.29 is 9.53 Å². The maximum absolute atomic E-state index is 12.0. The van der Waals surface area contributed by atoms with Crippen molar-refractivity contribution in [3.8, 4) is 0 Å². The first-order valence-electron chi connectivity index (χ1n) is 6.10. The summed E-state index contributed by atoms with van der Waals surface area (Å²) in [5, 5.41) is 6.37. The Kier molecular flexibility index (Phi) is 4.74. The Morgan fingerprint density at radius 2 is 2.38 bits per heavy atom. The van der Waals surface area contributed by atoms with Gasteiger partial charge >= 0.3 is 0 Å². The summed E-state index contributed by atoms with van der Waals surface area (Å²) in [5.74, 6) is 0.541. The first kappa shape index (κ1) is 13.5. The topological polar surface area (TPSA) is 50.4 Å². The standard InChI is InChI=1S/C12H24N2O2/c1-5-12(3,16-4)11(15)14-9(2)10-6-7-13-8-10/h9-10,13H,5-8H2,1-4H3,(H,14,15). The molecule has 1 aliphatic rings. The van der Waals surface area contributed by atoms with Crippen LogP contribution >= 0.6 is 0 Å². The van der Waals surface area contributed by atoms with Crippen LogP contribution in [0, 0.1) is 5.92 Å². The number of rotatable bonds is 5. The van der Waals surface area contributed by atoms with Gasteiger partial charge in [-0.3, -0.25) is 4.79 Å². The van der Waals surface area contributed by atoms with Gasteiger partial charge in [0.1, 0.15) is 5.60 Å². The molecule has 0 aliphatic carbocycles. The summed E-state index contributed by atoms with van der Waals surface area (Å²) in [6.07, 6.45) is 1.82. The predicted molar refractivity (Wildman–Crippen MR) is 64.3 cm³/mol. The smallest absolute Gasteiger partial charge is 0.252 e. The third-order valence-corrected chi connectivity index (χ3v) is 3.77. The van der Waals surface area contributed by atoms with E-state index in [4.69, 9.17) is 4.74 Å². The van der Waals surface area contributed by atoms with Crippen molar-refractivity contribution in [2.75, 3.05) is 20.2 Å². The molecule has 0 aromatic heterocycles. The molecule has 0 aromatic carbocycles. The van der Waals surface area contributed by atoms with Gasteiger partial charge in [0.05, 0.1) is 0 Å². The summed E-state index contributed by atoms with van der Waals surface area (Å²) in [4.78, 5) is 12.0. The van der Waals surface area contributed by atoms with Gasteiger partial charge in [-0.1, -0.05) is 6.92 Å². The minimum atomic E-state index is -0.694. The van der Waals surface area contributed by atoms with Crippen LogP contribution < -0.4 is 10.6 Å². The normalized spacial score (nSPS) is 26.1. The number of nitrogens with one attached hydrogen (secondary N) is 2. The Balaban J connectivity index is 2.49. The second-order valence-electron chi connectivity index (χ2n) is 4.80. The van der Waals surface area contributed by atoms with E-state index in [9.17, 15) is 4.79 Å². The van der Waals surface area contributed by atoms with Crippen LogP contribution in [0.15, 0.2) is 0 Å². The van der Waals surface area contributed by atoms with Crippen LogP contribution in [0.2, 0.25) is 0 Å². The van der Waals surface area contributed by atoms with Crippen molar-refractivity contribution >= 4 is 5.91 Å². The van der Waals surface area contributed by atoms with E-state index in [2.05, 4.69) is 17.6 Å². The number of amides is 1. The Hall–Kier alpha value is -0.610. The summed E-state index contributed by atoms with van der Waals surface area (Å²) in [5.41, 5.74) is -0.694. The van der Waals surface area contributed by atoms with E-state index in [0.29, 0.717) is 12.3 Å². The van der Waals surface area contributed by atoms with Crippen molar-refractivity contribution in [3.05, 3.63) is 0 Å². The number of ether oxygens (including phenoxy) is 1. The van der Waals surface area contributed by atoms with Crippen LogP contribution in [0.25, 0.3) is 0 Å². The van der Waals surface area contributed by atoms with Crippen LogP contribution in [0.5, 0.6) is 0 Å². The van der Waals surface area contributed by atoms with E-state index in [1.807, 2.05) is 13.8 Å². The number of carbonyl (C=O) groups excluding carboxylic acids is 1. The molecule has 4 heteroatoms. The zero-order chi connectivity index (χ0) is 12.2. The second kappa shape index (κ2) is 5.64. The van der Waals surface area contributed by atoms with Crippen molar-refractivity contribution in [3.63, 3.8) is 0 Å². The van der Waals surface area contributed by atoms with Gasteiger partial charge in [-0.25, -0.2) is 0 Å². The summed E-state index contributed by atoms with van der Waals surface area (Å²) >= 11 is 0. The van der Waals surface area contributed by atoms with E-state index in [0.717, 1.165) is 19.5 Å². The third kappa shape index (κ3) is 2.95. The molecule has 0 spiro atoms. The molecule has 0 bridgehead atoms. The lowest BCUT2D eigenvalue weighted by molar-refractivity contribution is -0.142. The van der Waals surface area contributed by atoms with Gasteiger partial charge < -0.3 is 15.4 Å². The summed E-state index contributed by atoms with van der Waals surface area (Å²) < 4.78 is 5.28. The zero-order valence-electron chi connectivity index (χ0n) is 10.8. The van der Waals surface area contributed by atoms with Crippen LogP contribution in [-0.2, 0) is 9.53 Å². The molecule has 0 saturated carbocycles. The molecule has 3 unspecified atom stereocenters. The van der Waals surface area contributed by atoms with E-state index in [1.54, 1.807) is 7.11 Å². The fourth-order valence-corrected chi connectivity index (χ4v) is 1.98. The molecule has 4 nitrogen and oxygen atoms in total. The van der Waals surface area contributed by atoms with E-state index in [1.165, 1.54) is 0 Å². The molecule has 1 rings (SSSR count). The molecule has 1 fully saturated rings. The number of carbonyl (C=O) groups is 1. The molecule has 1 heterocycles. The minimum absolute atomic E-state index is 0.00287. The number of hydrogen-bond donors (Lipinski definition) is 2. The highest BCUT2D eigenvalue weighted by molar-refractivity contribution is 5.84. The molecule has 1 aliphatic heterocycles. The molecule has 1 saturated heterocycles. The predicted octanol–water partition coefficient (Wildman–Crippen LogP) is 0.916. The number of methoxy groups -OCH3 is 1. The highest BCUT2D eigenvalue weighted by Crippen LogP contribution is 2.17. The van der Waals surface area contributed by atoms with Crippen molar-refractivity contribution in [2.45, 2.75) is 45.3 Å². The highest BCUT2D eigenvalue weighted by Gasteiger charge is 2.33. The fraction of sp³-hybridized carbons (Fsp3) is 0.917. The Labute approximate surface area is 98.1 Å².